The van der Waals surface area contributed by atoms with E-state index < -0.39 is 0 Å². The highest BCUT2D eigenvalue weighted by Gasteiger charge is 2.50. The molecule has 1 aromatic carbocycles. The second-order valence-corrected chi connectivity index (χ2v) is 7.38. The first-order chi connectivity index (χ1) is 7.81. The summed E-state index contributed by atoms with van der Waals surface area (Å²) < 4.78 is 1.19. The van der Waals surface area contributed by atoms with E-state index in [1.54, 1.807) is 0 Å². The first-order valence-corrected chi connectivity index (χ1v) is 7.12. The SMILES string of the molecule is CC(C)(C)NCC1CC1(C)c1cccc(Br)c1. The van der Waals surface area contributed by atoms with Crippen LogP contribution in [0.4, 0.5) is 0 Å². The standard InChI is InChI=1S/C15H22BrN/c1-14(2,3)17-10-12-9-15(12,4)11-6-5-7-13(16)8-11/h5-8,12,17H,9-10H2,1-4H3. The van der Waals surface area contributed by atoms with Crippen molar-refractivity contribution in [1.29, 1.82) is 0 Å². The van der Waals surface area contributed by atoms with Gasteiger partial charge in [0.25, 0.3) is 0 Å². The van der Waals surface area contributed by atoms with Gasteiger partial charge in [-0.15, -0.1) is 0 Å². The average Bonchev–Trinajstić information content (AvgIpc) is 2.88. The predicted octanol–water partition coefficient (Wildman–Crippen LogP) is 4.11. The molecule has 2 heteroatoms. The van der Waals surface area contributed by atoms with Gasteiger partial charge in [-0.1, -0.05) is 35.0 Å². The summed E-state index contributed by atoms with van der Waals surface area (Å²) >= 11 is 3.56. The van der Waals surface area contributed by atoms with E-state index >= 15 is 0 Å². The Hall–Kier alpha value is -0.340. The lowest BCUT2D eigenvalue weighted by Crippen LogP contribution is -2.37. The van der Waals surface area contributed by atoms with Gasteiger partial charge in [-0.3, -0.25) is 0 Å². The largest absolute Gasteiger partial charge is 0.312 e. The van der Waals surface area contributed by atoms with Crippen LogP contribution in [-0.2, 0) is 5.41 Å². The molecule has 1 fully saturated rings. The van der Waals surface area contributed by atoms with Crippen molar-refractivity contribution >= 4 is 15.9 Å². The molecule has 1 aliphatic rings. The van der Waals surface area contributed by atoms with Crippen LogP contribution in [-0.4, -0.2) is 12.1 Å². The molecule has 1 nitrogen and oxygen atoms in total. The van der Waals surface area contributed by atoms with Gasteiger partial charge in [0.15, 0.2) is 0 Å². The molecular formula is C15H22BrN. The Morgan fingerprint density at radius 3 is 2.71 bits per heavy atom. The van der Waals surface area contributed by atoms with Crippen LogP contribution in [0.3, 0.4) is 0 Å². The van der Waals surface area contributed by atoms with E-state index in [0.717, 1.165) is 12.5 Å². The summed E-state index contributed by atoms with van der Waals surface area (Å²) in [6, 6.07) is 8.74. The van der Waals surface area contributed by atoms with Gasteiger partial charge >= 0.3 is 0 Å². The Morgan fingerprint density at radius 2 is 2.12 bits per heavy atom. The third-order valence-electron chi connectivity index (χ3n) is 3.77. The highest BCUT2D eigenvalue weighted by Crippen LogP contribution is 2.53. The number of nitrogens with one attached hydrogen (secondary N) is 1. The Bertz CT molecular complexity index is 408. The number of halogens is 1. The van der Waals surface area contributed by atoms with Crippen LogP contribution in [0.1, 0.15) is 39.7 Å². The fourth-order valence-electron chi connectivity index (χ4n) is 2.38. The summed E-state index contributed by atoms with van der Waals surface area (Å²) in [5, 5.41) is 3.61. The smallest absolute Gasteiger partial charge is 0.0178 e. The zero-order valence-corrected chi connectivity index (χ0v) is 12.8. The van der Waals surface area contributed by atoms with Gasteiger partial charge in [0.2, 0.25) is 0 Å². The predicted molar refractivity (Wildman–Crippen MR) is 77.4 cm³/mol. The molecule has 0 saturated heterocycles. The Kier molecular flexibility index (Phi) is 3.39. The maximum absolute atomic E-state index is 3.61. The fourth-order valence-corrected chi connectivity index (χ4v) is 2.78. The molecule has 0 radical (unpaired) electrons. The number of hydrogen-bond acceptors (Lipinski definition) is 1. The van der Waals surface area contributed by atoms with E-state index in [1.165, 1.54) is 16.5 Å². The van der Waals surface area contributed by atoms with Crippen LogP contribution in [0.25, 0.3) is 0 Å². The number of benzene rings is 1. The Balaban J connectivity index is 2.00. The lowest BCUT2D eigenvalue weighted by atomic mass is 9.95. The first-order valence-electron chi connectivity index (χ1n) is 6.32. The summed E-state index contributed by atoms with van der Waals surface area (Å²) in [4.78, 5) is 0. The topological polar surface area (TPSA) is 12.0 Å². The summed E-state index contributed by atoms with van der Waals surface area (Å²) in [6.45, 7) is 10.2. The Morgan fingerprint density at radius 1 is 1.41 bits per heavy atom. The quantitative estimate of drug-likeness (QED) is 0.885. The van der Waals surface area contributed by atoms with Crippen molar-refractivity contribution in [3.8, 4) is 0 Å². The minimum absolute atomic E-state index is 0.223. The van der Waals surface area contributed by atoms with Crippen LogP contribution in [0.15, 0.2) is 28.7 Å². The van der Waals surface area contributed by atoms with Gasteiger partial charge in [0, 0.05) is 10.0 Å². The second-order valence-electron chi connectivity index (χ2n) is 6.46. The van der Waals surface area contributed by atoms with Crippen molar-refractivity contribution in [2.24, 2.45) is 5.92 Å². The molecule has 1 aliphatic carbocycles. The number of rotatable bonds is 3. The molecule has 94 valence electrons. The van der Waals surface area contributed by atoms with Crippen molar-refractivity contribution in [2.75, 3.05) is 6.54 Å². The van der Waals surface area contributed by atoms with E-state index in [4.69, 9.17) is 0 Å². The van der Waals surface area contributed by atoms with Gasteiger partial charge in [-0.05, 0) is 62.8 Å². The van der Waals surface area contributed by atoms with Crippen molar-refractivity contribution in [1.82, 2.24) is 5.32 Å². The zero-order valence-electron chi connectivity index (χ0n) is 11.2. The molecule has 0 heterocycles. The molecule has 2 atom stereocenters. The third-order valence-corrected chi connectivity index (χ3v) is 4.27. The minimum Gasteiger partial charge on any atom is -0.312 e. The van der Waals surface area contributed by atoms with Crippen LogP contribution in [0.5, 0.6) is 0 Å². The lowest BCUT2D eigenvalue weighted by Gasteiger charge is -2.21. The van der Waals surface area contributed by atoms with Crippen LogP contribution >= 0.6 is 15.9 Å². The normalized spacial score (nSPS) is 28.2. The van der Waals surface area contributed by atoms with Crippen LogP contribution in [0.2, 0.25) is 0 Å². The highest BCUT2D eigenvalue weighted by molar-refractivity contribution is 9.10. The highest BCUT2D eigenvalue weighted by atomic mass is 79.9. The van der Waals surface area contributed by atoms with Gasteiger partial charge in [0.1, 0.15) is 0 Å². The van der Waals surface area contributed by atoms with Crippen molar-refractivity contribution in [3.05, 3.63) is 34.3 Å². The fraction of sp³-hybridized carbons (Fsp3) is 0.600. The van der Waals surface area contributed by atoms with E-state index in [2.05, 4.69) is 73.2 Å². The van der Waals surface area contributed by atoms with Gasteiger partial charge in [-0.2, -0.15) is 0 Å². The summed E-state index contributed by atoms with van der Waals surface area (Å²) in [7, 11) is 0. The molecule has 0 aromatic heterocycles. The lowest BCUT2D eigenvalue weighted by molar-refractivity contribution is 0.406. The molecule has 17 heavy (non-hydrogen) atoms. The summed E-state index contributed by atoms with van der Waals surface area (Å²) in [5.74, 6) is 0.774. The molecule has 0 amide bonds. The van der Waals surface area contributed by atoms with Gasteiger partial charge < -0.3 is 5.32 Å². The van der Waals surface area contributed by atoms with Gasteiger partial charge in [-0.25, -0.2) is 0 Å². The monoisotopic (exact) mass is 295 g/mol. The number of hydrogen-bond donors (Lipinski definition) is 1. The zero-order chi connectivity index (χ0) is 12.7. The van der Waals surface area contributed by atoms with Crippen LogP contribution < -0.4 is 5.32 Å². The van der Waals surface area contributed by atoms with E-state index in [0.29, 0.717) is 5.41 Å². The summed E-state index contributed by atoms with van der Waals surface area (Å²) in [5.41, 5.74) is 2.07. The van der Waals surface area contributed by atoms with E-state index in [-0.39, 0.29) is 5.54 Å². The molecule has 1 N–H and O–H groups in total. The van der Waals surface area contributed by atoms with Gasteiger partial charge in [0.05, 0.1) is 0 Å². The van der Waals surface area contributed by atoms with Crippen molar-refractivity contribution in [3.63, 3.8) is 0 Å². The molecule has 0 aliphatic heterocycles. The molecule has 2 unspecified atom stereocenters. The van der Waals surface area contributed by atoms with E-state index in [9.17, 15) is 0 Å². The summed E-state index contributed by atoms with van der Waals surface area (Å²) in [6.07, 6.45) is 1.30. The maximum atomic E-state index is 3.61. The van der Waals surface area contributed by atoms with Crippen LogP contribution in [0, 0.1) is 5.92 Å². The Labute approximate surface area is 113 Å². The molecule has 2 rings (SSSR count). The first kappa shape index (κ1) is 13.1. The maximum Gasteiger partial charge on any atom is 0.0178 e. The van der Waals surface area contributed by atoms with Crippen molar-refractivity contribution in [2.45, 2.75) is 45.1 Å². The molecule has 0 spiro atoms. The average molecular weight is 296 g/mol. The third kappa shape index (κ3) is 3.11. The second kappa shape index (κ2) is 4.40. The molecular weight excluding hydrogens is 274 g/mol. The van der Waals surface area contributed by atoms with Crippen molar-refractivity contribution < 1.29 is 0 Å². The molecule has 1 aromatic rings. The minimum atomic E-state index is 0.223. The van der Waals surface area contributed by atoms with E-state index in [1.807, 2.05) is 0 Å². The molecule has 1 saturated carbocycles. The molecule has 0 bridgehead atoms.